The van der Waals surface area contributed by atoms with E-state index in [1.54, 1.807) is 0 Å². The number of carbonyl (C=O) groups excluding carboxylic acids is 1. The summed E-state index contributed by atoms with van der Waals surface area (Å²) >= 11 is 1.87. The first kappa shape index (κ1) is 15.5. The number of hydrogen-bond donors (Lipinski definition) is 2. The van der Waals surface area contributed by atoms with Gasteiger partial charge in [0.15, 0.2) is 0 Å². The molecule has 1 saturated carbocycles. The van der Waals surface area contributed by atoms with Crippen molar-refractivity contribution in [3.63, 3.8) is 0 Å². The molecule has 20 heavy (non-hydrogen) atoms. The first-order valence-electron chi connectivity index (χ1n) is 7.44. The topological polar surface area (TPSA) is 69.6 Å². The van der Waals surface area contributed by atoms with Gasteiger partial charge in [-0.25, -0.2) is 4.79 Å². The highest BCUT2D eigenvalue weighted by Gasteiger charge is 2.35. The molecule has 2 N–H and O–H groups in total. The molecule has 2 amide bonds. The Labute approximate surface area is 124 Å². The van der Waals surface area contributed by atoms with Crippen LogP contribution in [0.25, 0.3) is 0 Å². The third-order valence-corrected chi connectivity index (χ3v) is 5.30. The van der Waals surface area contributed by atoms with Crippen LogP contribution in [0.4, 0.5) is 4.79 Å². The molecule has 0 bridgehead atoms. The van der Waals surface area contributed by atoms with Crippen molar-refractivity contribution >= 4 is 23.8 Å². The molecule has 2 aliphatic rings. The van der Waals surface area contributed by atoms with E-state index < -0.39 is 5.97 Å². The summed E-state index contributed by atoms with van der Waals surface area (Å²) in [4.78, 5) is 25.1. The Kier molecular flexibility index (Phi) is 5.57. The number of urea groups is 1. The third-order valence-electron chi connectivity index (χ3n) is 4.35. The van der Waals surface area contributed by atoms with Crippen molar-refractivity contribution in [2.75, 3.05) is 31.1 Å². The summed E-state index contributed by atoms with van der Waals surface area (Å²) in [6, 6.07) is -0.0272. The zero-order valence-corrected chi connectivity index (χ0v) is 12.7. The molecular weight excluding hydrogens is 276 g/mol. The lowest BCUT2D eigenvalue weighted by molar-refractivity contribution is -0.140. The van der Waals surface area contributed by atoms with E-state index in [2.05, 4.69) is 5.32 Å². The van der Waals surface area contributed by atoms with Crippen LogP contribution in [-0.2, 0) is 4.79 Å². The van der Waals surface area contributed by atoms with Gasteiger partial charge in [-0.15, -0.1) is 0 Å². The first-order chi connectivity index (χ1) is 9.61. The summed E-state index contributed by atoms with van der Waals surface area (Å²) < 4.78 is 0. The van der Waals surface area contributed by atoms with Gasteiger partial charge in [0.25, 0.3) is 0 Å². The Morgan fingerprint density at radius 3 is 2.40 bits per heavy atom. The van der Waals surface area contributed by atoms with Crippen LogP contribution in [0, 0.1) is 5.41 Å². The molecule has 2 rings (SSSR count). The number of amides is 2. The lowest BCUT2D eigenvalue weighted by Crippen LogP contribution is -2.48. The maximum Gasteiger partial charge on any atom is 0.317 e. The SMILES string of the molecule is O=C(O)CC1(CNC(=O)N2CCSCC2)CCCCC1. The molecular formula is C14H24N2O3S. The summed E-state index contributed by atoms with van der Waals surface area (Å²) in [5.74, 6) is 1.23. The number of carboxylic acid groups (broad SMARTS) is 1. The van der Waals surface area contributed by atoms with E-state index in [4.69, 9.17) is 5.11 Å². The highest BCUT2D eigenvalue weighted by Crippen LogP contribution is 2.38. The van der Waals surface area contributed by atoms with Crippen LogP contribution in [0.3, 0.4) is 0 Å². The molecule has 0 aromatic rings. The Morgan fingerprint density at radius 1 is 1.15 bits per heavy atom. The Morgan fingerprint density at radius 2 is 1.80 bits per heavy atom. The second kappa shape index (κ2) is 7.20. The van der Waals surface area contributed by atoms with E-state index in [9.17, 15) is 9.59 Å². The lowest BCUT2D eigenvalue weighted by Gasteiger charge is -2.37. The smallest absolute Gasteiger partial charge is 0.317 e. The fourth-order valence-electron chi connectivity index (χ4n) is 3.18. The molecule has 6 heteroatoms. The number of thioether (sulfide) groups is 1. The molecule has 0 radical (unpaired) electrons. The van der Waals surface area contributed by atoms with Crippen LogP contribution >= 0.6 is 11.8 Å². The van der Waals surface area contributed by atoms with Crippen LogP contribution in [0.5, 0.6) is 0 Å². The van der Waals surface area contributed by atoms with Gasteiger partial charge in [-0.1, -0.05) is 19.3 Å². The van der Waals surface area contributed by atoms with E-state index >= 15 is 0 Å². The van der Waals surface area contributed by atoms with Crippen LogP contribution in [0.15, 0.2) is 0 Å². The van der Waals surface area contributed by atoms with Crippen LogP contribution in [0.2, 0.25) is 0 Å². The number of aliphatic carboxylic acids is 1. The second-order valence-corrected chi connectivity index (χ2v) is 7.11. The zero-order chi connectivity index (χ0) is 14.4. The second-order valence-electron chi connectivity index (χ2n) is 5.89. The Hall–Kier alpha value is -0.910. The van der Waals surface area contributed by atoms with Gasteiger partial charge < -0.3 is 15.3 Å². The van der Waals surface area contributed by atoms with E-state index in [-0.39, 0.29) is 17.9 Å². The predicted octanol–water partition coefficient (Wildman–Crippen LogP) is 2.17. The van der Waals surface area contributed by atoms with Crippen molar-refractivity contribution in [2.45, 2.75) is 38.5 Å². The summed E-state index contributed by atoms with van der Waals surface area (Å²) in [6.07, 6.45) is 5.32. The van der Waals surface area contributed by atoms with E-state index in [0.717, 1.165) is 50.3 Å². The molecule has 5 nitrogen and oxygen atoms in total. The molecule has 1 aliphatic heterocycles. The lowest BCUT2D eigenvalue weighted by atomic mass is 9.72. The van der Waals surface area contributed by atoms with Gasteiger partial charge in [-0.2, -0.15) is 11.8 Å². The number of carbonyl (C=O) groups is 2. The quantitative estimate of drug-likeness (QED) is 0.835. The fraction of sp³-hybridized carbons (Fsp3) is 0.857. The summed E-state index contributed by atoms with van der Waals surface area (Å²) in [5, 5.41) is 12.1. The molecule has 114 valence electrons. The number of nitrogens with zero attached hydrogens (tertiary/aromatic N) is 1. The van der Waals surface area contributed by atoms with E-state index in [0.29, 0.717) is 6.54 Å². The minimum Gasteiger partial charge on any atom is -0.481 e. The predicted molar refractivity (Wildman–Crippen MR) is 80.1 cm³/mol. The number of hydrogen-bond acceptors (Lipinski definition) is 3. The van der Waals surface area contributed by atoms with Crippen molar-refractivity contribution in [1.82, 2.24) is 10.2 Å². The van der Waals surface area contributed by atoms with Crippen molar-refractivity contribution in [3.05, 3.63) is 0 Å². The van der Waals surface area contributed by atoms with Gasteiger partial charge in [-0.05, 0) is 18.3 Å². The molecule has 0 unspecified atom stereocenters. The van der Waals surface area contributed by atoms with Gasteiger partial charge in [0.2, 0.25) is 0 Å². The van der Waals surface area contributed by atoms with Gasteiger partial charge in [0, 0.05) is 31.1 Å². The largest absolute Gasteiger partial charge is 0.481 e. The molecule has 0 spiro atoms. The maximum atomic E-state index is 12.1. The van der Waals surface area contributed by atoms with E-state index in [1.165, 1.54) is 6.42 Å². The molecule has 1 saturated heterocycles. The van der Waals surface area contributed by atoms with Crippen molar-refractivity contribution in [2.24, 2.45) is 5.41 Å². The number of carboxylic acids is 1. The maximum absolute atomic E-state index is 12.1. The molecule has 0 aromatic heterocycles. The van der Waals surface area contributed by atoms with Crippen molar-refractivity contribution in [1.29, 1.82) is 0 Å². The minimum absolute atomic E-state index is 0.0272. The van der Waals surface area contributed by atoms with Gasteiger partial charge in [0.05, 0.1) is 6.42 Å². The highest BCUT2D eigenvalue weighted by atomic mass is 32.2. The summed E-state index contributed by atoms with van der Waals surface area (Å²) in [5.41, 5.74) is -0.232. The standard InChI is InChI=1S/C14H24N2O3S/c17-12(18)10-14(4-2-1-3-5-14)11-15-13(19)16-6-8-20-9-7-16/h1-11H2,(H,15,19)(H,17,18). The summed E-state index contributed by atoms with van der Waals surface area (Å²) in [7, 11) is 0. The van der Waals surface area contributed by atoms with Crippen LogP contribution < -0.4 is 5.32 Å². The first-order valence-corrected chi connectivity index (χ1v) is 8.59. The van der Waals surface area contributed by atoms with Gasteiger partial charge >= 0.3 is 12.0 Å². The van der Waals surface area contributed by atoms with Crippen molar-refractivity contribution < 1.29 is 14.7 Å². The molecule has 0 atom stereocenters. The molecule has 1 heterocycles. The molecule has 0 aromatic carbocycles. The fourth-order valence-corrected chi connectivity index (χ4v) is 4.08. The highest BCUT2D eigenvalue weighted by molar-refractivity contribution is 7.99. The van der Waals surface area contributed by atoms with Gasteiger partial charge in [-0.3, -0.25) is 4.79 Å². The minimum atomic E-state index is -0.754. The normalized spacial score (nSPS) is 22.3. The summed E-state index contributed by atoms with van der Waals surface area (Å²) in [6.45, 7) is 2.09. The van der Waals surface area contributed by atoms with Crippen LogP contribution in [-0.4, -0.2) is 53.1 Å². The molecule has 1 aliphatic carbocycles. The Bertz CT molecular complexity index is 350. The van der Waals surface area contributed by atoms with Crippen molar-refractivity contribution in [3.8, 4) is 0 Å². The third kappa shape index (κ3) is 4.30. The monoisotopic (exact) mass is 300 g/mol. The average Bonchev–Trinajstić information content (AvgIpc) is 2.46. The van der Waals surface area contributed by atoms with Gasteiger partial charge in [0.1, 0.15) is 0 Å². The Balaban J connectivity index is 1.87. The number of rotatable bonds is 4. The van der Waals surface area contributed by atoms with E-state index in [1.807, 2.05) is 16.7 Å². The molecule has 2 fully saturated rings. The average molecular weight is 300 g/mol. The van der Waals surface area contributed by atoms with Crippen LogP contribution in [0.1, 0.15) is 38.5 Å². The zero-order valence-electron chi connectivity index (χ0n) is 11.9. The number of nitrogens with one attached hydrogen (secondary N) is 1.